The molecule has 0 aliphatic carbocycles. The lowest BCUT2D eigenvalue weighted by Crippen LogP contribution is -2.23. The number of aromatic nitrogens is 1. The normalized spacial score (nSPS) is 10.9. The number of fused-ring (bicyclic) bond motifs is 1. The molecule has 4 heteroatoms. The summed E-state index contributed by atoms with van der Waals surface area (Å²) in [5.41, 5.74) is 2.09. The lowest BCUT2D eigenvalue weighted by Gasteiger charge is -2.11. The summed E-state index contributed by atoms with van der Waals surface area (Å²) < 4.78 is 1.56. The topological polar surface area (TPSA) is 39.1 Å². The summed E-state index contributed by atoms with van der Waals surface area (Å²) in [6.07, 6.45) is 0.171. The number of rotatable bonds is 2. The number of nitrogens with zero attached hydrogens (tertiary/aromatic N) is 1. The Morgan fingerprint density at radius 3 is 2.67 bits per heavy atom. The van der Waals surface area contributed by atoms with Gasteiger partial charge in [-0.05, 0) is 36.9 Å². The molecule has 2 rings (SSSR count). The molecule has 1 heterocycles. The number of halogens is 1. The minimum Gasteiger partial charge on any atom is -0.311 e. The van der Waals surface area contributed by atoms with Crippen LogP contribution in [0.1, 0.15) is 18.1 Å². The summed E-state index contributed by atoms with van der Waals surface area (Å²) in [5, 5.41) is 1.56. The molecule has 0 spiro atoms. The zero-order valence-corrected chi connectivity index (χ0v) is 11.3. The monoisotopic (exact) mass is 263 g/mol. The van der Waals surface area contributed by atoms with Crippen LogP contribution in [-0.4, -0.2) is 10.4 Å². The third-order valence-corrected chi connectivity index (χ3v) is 3.49. The number of carbonyl (C=O) groups excluding carboxylic acids is 1. The lowest BCUT2D eigenvalue weighted by atomic mass is 10.1. The molecule has 0 saturated heterocycles. The largest absolute Gasteiger partial charge is 0.311 e. The van der Waals surface area contributed by atoms with Crippen molar-refractivity contribution in [3.63, 3.8) is 0 Å². The molecule has 0 aliphatic rings. The van der Waals surface area contributed by atoms with Crippen LogP contribution in [0.5, 0.6) is 0 Å². The van der Waals surface area contributed by atoms with E-state index in [1.807, 2.05) is 13.0 Å². The Morgan fingerprint density at radius 2 is 2.06 bits per heavy atom. The van der Waals surface area contributed by atoms with Gasteiger partial charge >= 0.3 is 0 Å². The summed E-state index contributed by atoms with van der Waals surface area (Å²) in [6.45, 7) is 3.37. The number of aryl methyl sites for hydroxylation is 2. The SMILES string of the molecule is CC(=O)Cc1cc2ccc(Cl)c(C)c2n(C)c1=O. The van der Waals surface area contributed by atoms with E-state index in [1.54, 1.807) is 23.7 Å². The first-order valence-corrected chi connectivity index (χ1v) is 6.06. The Balaban J connectivity index is 2.83. The van der Waals surface area contributed by atoms with Crippen LogP contribution < -0.4 is 5.56 Å². The maximum atomic E-state index is 12.1. The van der Waals surface area contributed by atoms with Gasteiger partial charge in [-0.15, -0.1) is 0 Å². The van der Waals surface area contributed by atoms with Gasteiger partial charge in [0.1, 0.15) is 5.78 Å². The van der Waals surface area contributed by atoms with Crippen molar-refractivity contribution in [1.82, 2.24) is 4.57 Å². The van der Waals surface area contributed by atoms with Crippen LogP contribution in [0.4, 0.5) is 0 Å². The van der Waals surface area contributed by atoms with Gasteiger partial charge in [0.2, 0.25) is 0 Å². The quantitative estimate of drug-likeness (QED) is 0.836. The molecule has 3 nitrogen and oxygen atoms in total. The Hall–Kier alpha value is -1.61. The van der Waals surface area contributed by atoms with Gasteiger partial charge in [0, 0.05) is 24.1 Å². The van der Waals surface area contributed by atoms with Crippen LogP contribution >= 0.6 is 11.6 Å². The van der Waals surface area contributed by atoms with Crippen molar-refractivity contribution in [3.05, 3.63) is 44.7 Å². The Morgan fingerprint density at radius 1 is 1.39 bits per heavy atom. The van der Waals surface area contributed by atoms with Crippen LogP contribution in [0.25, 0.3) is 10.9 Å². The van der Waals surface area contributed by atoms with E-state index < -0.39 is 0 Å². The van der Waals surface area contributed by atoms with Gasteiger partial charge in [-0.25, -0.2) is 0 Å². The Labute approximate surface area is 110 Å². The van der Waals surface area contributed by atoms with Crippen molar-refractivity contribution in [2.24, 2.45) is 7.05 Å². The molecule has 94 valence electrons. The van der Waals surface area contributed by atoms with E-state index in [4.69, 9.17) is 11.6 Å². The molecule has 0 radical (unpaired) electrons. The Bertz CT molecular complexity index is 701. The second-order valence-corrected chi connectivity index (χ2v) is 4.93. The lowest BCUT2D eigenvalue weighted by molar-refractivity contribution is -0.116. The fraction of sp³-hybridized carbons (Fsp3) is 0.286. The Kier molecular flexibility index (Phi) is 3.26. The van der Waals surface area contributed by atoms with Gasteiger partial charge in [0.15, 0.2) is 0 Å². The van der Waals surface area contributed by atoms with Crippen LogP contribution in [0.2, 0.25) is 5.02 Å². The number of hydrogen-bond donors (Lipinski definition) is 0. The van der Waals surface area contributed by atoms with Crippen molar-refractivity contribution < 1.29 is 4.79 Å². The highest BCUT2D eigenvalue weighted by Crippen LogP contribution is 2.24. The molecule has 0 bridgehead atoms. The smallest absolute Gasteiger partial charge is 0.254 e. The molecule has 2 aromatic rings. The minimum absolute atomic E-state index is 0.0165. The number of carbonyl (C=O) groups is 1. The fourth-order valence-electron chi connectivity index (χ4n) is 2.22. The van der Waals surface area contributed by atoms with E-state index in [0.29, 0.717) is 10.6 Å². The molecule has 0 unspecified atom stereocenters. The van der Waals surface area contributed by atoms with E-state index in [9.17, 15) is 9.59 Å². The predicted octanol–water partition coefficient (Wildman–Crippen LogP) is 2.63. The zero-order chi connectivity index (χ0) is 13.4. The van der Waals surface area contributed by atoms with Gasteiger partial charge < -0.3 is 4.57 Å². The number of hydrogen-bond acceptors (Lipinski definition) is 2. The number of Topliss-reactive ketones (excluding diaryl/α,β-unsaturated/α-hetero) is 1. The van der Waals surface area contributed by atoms with Gasteiger partial charge in [0.25, 0.3) is 5.56 Å². The van der Waals surface area contributed by atoms with E-state index in [2.05, 4.69) is 0 Å². The average molecular weight is 264 g/mol. The van der Waals surface area contributed by atoms with Crippen molar-refractivity contribution in [2.75, 3.05) is 0 Å². The molecule has 1 aromatic heterocycles. The van der Waals surface area contributed by atoms with E-state index in [1.165, 1.54) is 6.92 Å². The van der Waals surface area contributed by atoms with Gasteiger partial charge in [0.05, 0.1) is 5.52 Å². The first kappa shape index (κ1) is 12.8. The fourth-order valence-corrected chi connectivity index (χ4v) is 2.37. The molecular formula is C14H14ClNO2. The third kappa shape index (κ3) is 2.06. The van der Waals surface area contributed by atoms with Crippen LogP contribution in [-0.2, 0) is 18.3 Å². The summed E-state index contributed by atoms with van der Waals surface area (Å²) in [4.78, 5) is 23.3. The third-order valence-electron chi connectivity index (χ3n) is 3.08. The average Bonchev–Trinajstić information content (AvgIpc) is 2.29. The molecule has 0 aliphatic heterocycles. The highest BCUT2D eigenvalue weighted by Gasteiger charge is 2.11. The molecule has 0 N–H and O–H groups in total. The summed E-state index contributed by atoms with van der Waals surface area (Å²) in [6, 6.07) is 5.46. The van der Waals surface area contributed by atoms with Crippen molar-refractivity contribution >= 4 is 28.3 Å². The highest BCUT2D eigenvalue weighted by molar-refractivity contribution is 6.32. The number of pyridine rings is 1. The van der Waals surface area contributed by atoms with E-state index >= 15 is 0 Å². The van der Waals surface area contributed by atoms with Crippen molar-refractivity contribution in [3.8, 4) is 0 Å². The molecule has 0 saturated carbocycles. The first-order valence-electron chi connectivity index (χ1n) is 5.69. The van der Waals surface area contributed by atoms with Crippen LogP contribution in [0, 0.1) is 6.92 Å². The van der Waals surface area contributed by atoms with Crippen LogP contribution in [0.15, 0.2) is 23.0 Å². The maximum Gasteiger partial charge on any atom is 0.254 e. The van der Waals surface area contributed by atoms with Crippen molar-refractivity contribution in [1.29, 1.82) is 0 Å². The molecule has 1 aromatic carbocycles. The van der Waals surface area contributed by atoms with Gasteiger partial charge in [-0.3, -0.25) is 9.59 Å². The standard InChI is InChI=1S/C14H14ClNO2/c1-8(17)6-11-7-10-4-5-12(15)9(2)13(10)16(3)14(11)18/h4-5,7H,6H2,1-3H3. The number of ketones is 1. The van der Waals surface area contributed by atoms with Crippen molar-refractivity contribution in [2.45, 2.75) is 20.3 Å². The van der Waals surface area contributed by atoms with Crippen LogP contribution in [0.3, 0.4) is 0 Å². The molecular weight excluding hydrogens is 250 g/mol. The predicted molar refractivity (Wildman–Crippen MR) is 73.3 cm³/mol. The maximum absolute atomic E-state index is 12.1. The van der Waals surface area contributed by atoms with E-state index in [0.717, 1.165) is 16.5 Å². The van der Waals surface area contributed by atoms with Gasteiger partial charge in [-0.1, -0.05) is 17.7 Å². The summed E-state index contributed by atoms with van der Waals surface area (Å²) in [5.74, 6) is -0.0165. The molecule has 0 atom stereocenters. The van der Waals surface area contributed by atoms with Gasteiger partial charge in [-0.2, -0.15) is 0 Å². The second kappa shape index (κ2) is 4.58. The first-order chi connectivity index (χ1) is 8.41. The second-order valence-electron chi connectivity index (χ2n) is 4.52. The molecule has 18 heavy (non-hydrogen) atoms. The number of benzene rings is 1. The van der Waals surface area contributed by atoms with E-state index in [-0.39, 0.29) is 17.8 Å². The molecule has 0 fully saturated rings. The summed E-state index contributed by atoms with van der Waals surface area (Å²) in [7, 11) is 1.71. The minimum atomic E-state index is -0.136. The summed E-state index contributed by atoms with van der Waals surface area (Å²) >= 11 is 6.07. The molecule has 0 amide bonds. The zero-order valence-electron chi connectivity index (χ0n) is 10.6. The highest BCUT2D eigenvalue weighted by atomic mass is 35.5.